The maximum atomic E-state index is 12.1. The number of nitrogens with two attached hydrogens (primary N) is 1. The number of piperazine rings is 1. The fourth-order valence-corrected chi connectivity index (χ4v) is 2.53. The van der Waals surface area contributed by atoms with Crippen LogP contribution in [0.1, 0.15) is 40.0 Å². The van der Waals surface area contributed by atoms with E-state index >= 15 is 0 Å². The molecule has 0 aromatic carbocycles. The number of nitrogens with zero attached hydrogens (tertiary/aromatic N) is 2. The number of amides is 1. The van der Waals surface area contributed by atoms with Gasteiger partial charge in [0.25, 0.3) is 0 Å². The molecule has 0 aliphatic carbocycles. The SMILES string of the molecule is CCCC(N)CC(=O)N1CCN(CC(C)(C)O)CC1. The minimum Gasteiger partial charge on any atom is -0.389 e. The van der Waals surface area contributed by atoms with Crippen molar-refractivity contribution < 1.29 is 9.90 Å². The molecular formula is C14H29N3O2. The topological polar surface area (TPSA) is 69.8 Å². The molecule has 1 unspecified atom stereocenters. The lowest BCUT2D eigenvalue weighted by atomic mass is 10.1. The van der Waals surface area contributed by atoms with Crippen molar-refractivity contribution in [3.05, 3.63) is 0 Å². The van der Waals surface area contributed by atoms with Crippen molar-refractivity contribution in [3.63, 3.8) is 0 Å². The van der Waals surface area contributed by atoms with Crippen LogP contribution in [0.3, 0.4) is 0 Å². The van der Waals surface area contributed by atoms with Crippen LogP contribution in [-0.4, -0.2) is 65.2 Å². The second-order valence-electron chi connectivity index (χ2n) is 6.22. The summed E-state index contributed by atoms with van der Waals surface area (Å²) in [7, 11) is 0. The highest BCUT2D eigenvalue weighted by Crippen LogP contribution is 2.10. The van der Waals surface area contributed by atoms with E-state index in [2.05, 4.69) is 11.8 Å². The third-order valence-corrected chi connectivity index (χ3v) is 3.43. The first-order valence-electron chi connectivity index (χ1n) is 7.30. The van der Waals surface area contributed by atoms with E-state index in [0.29, 0.717) is 13.0 Å². The average molecular weight is 271 g/mol. The number of hydrogen-bond acceptors (Lipinski definition) is 4. The zero-order valence-corrected chi connectivity index (χ0v) is 12.6. The second kappa shape index (κ2) is 7.22. The predicted octanol–water partition coefficient (Wildman–Crippen LogP) is 0.419. The summed E-state index contributed by atoms with van der Waals surface area (Å²) in [4.78, 5) is 16.2. The number of carbonyl (C=O) groups excluding carboxylic acids is 1. The summed E-state index contributed by atoms with van der Waals surface area (Å²) >= 11 is 0. The maximum absolute atomic E-state index is 12.1. The van der Waals surface area contributed by atoms with Gasteiger partial charge in [-0.3, -0.25) is 9.69 Å². The molecule has 3 N–H and O–H groups in total. The van der Waals surface area contributed by atoms with Crippen LogP contribution in [0.5, 0.6) is 0 Å². The van der Waals surface area contributed by atoms with Crippen molar-refractivity contribution in [2.75, 3.05) is 32.7 Å². The summed E-state index contributed by atoms with van der Waals surface area (Å²) in [6, 6.07) is -0.00750. The number of β-amino-alcohol motifs (C(OH)–C–C–N with tert-alkyl or cyclic N) is 1. The largest absolute Gasteiger partial charge is 0.389 e. The van der Waals surface area contributed by atoms with Crippen molar-refractivity contribution in [3.8, 4) is 0 Å². The Morgan fingerprint density at radius 3 is 2.37 bits per heavy atom. The van der Waals surface area contributed by atoms with E-state index in [1.54, 1.807) is 0 Å². The van der Waals surface area contributed by atoms with Gasteiger partial charge in [0.15, 0.2) is 0 Å². The van der Waals surface area contributed by atoms with Gasteiger partial charge < -0.3 is 15.7 Å². The van der Waals surface area contributed by atoms with Gasteiger partial charge in [0.2, 0.25) is 5.91 Å². The van der Waals surface area contributed by atoms with Crippen LogP contribution in [0.15, 0.2) is 0 Å². The predicted molar refractivity (Wildman–Crippen MR) is 76.8 cm³/mol. The molecule has 5 nitrogen and oxygen atoms in total. The molecule has 0 radical (unpaired) electrons. The van der Waals surface area contributed by atoms with E-state index in [1.807, 2.05) is 18.7 Å². The molecule has 5 heteroatoms. The van der Waals surface area contributed by atoms with Gasteiger partial charge in [-0.1, -0.05) is 13.3 Å². The number of rotatable bonds is 6. The van der Waals surface area contributed by atoms with Crippen LogP contribution >= 0.6 is 0 Å². The van der Waals surface area contributed by atoms with Crippen molar-refractivity contribution in [1.82, 2.24) is 9.80 Å². The van der Waals surface area contributed by atoms with Gasteiger partial charge in [0.05, 0.1) is 5.60 Å². The van der Waals surface area contributed by atoms with Crippen LogP contribution < -0.4 is 5.73 Å². The first-order valence-corrected chi connectivity index (χ1v) is 7.30. The lowest BCUT2D eigenvalue weighted by Crippen LogP contribution is -2.52. The summed E-state index contributed by atoms with van der Waals surface area (Å²) in [6.07, 6.45) is 2.39. The van der Waals surface area contributed by atoms with E-state index < -0.39 is 5.60 Å². The van der Waals surface area contributed by atoms with E-state index in [0.717, 1.165) is 39.0 Å². The smallest absolute Gasteiger partial charge is 0.224 e. The molecule has 1 atom stereocenters. The highest BCUT2D eigenvalue weighted by atomic mass is 16.3. The lowest BCUT2D eigenvalue weighted by Gasteiger charge is -2.37. The van der Waals surface area contributed by atoms with Crippen LogP contribution in [0.25, 0.3) is 0 Å². The van der Waals surface area contributed by atoms with Gasteiger partial charge >= 0.3 is 0 Å². The summed E-state index contributed by atoms with van der Waals surface area (Å²) in [6.45, 7) is 9.52. The highest BCUT2D eigenvalue weighted by Gasteiger charge is 2.25. The fraction of sp³-hybridized carbons (Fsp3) is 0.929. The van der Waals surface area contributed by atoms with Gasteiger partial charge in [0.1, 0.15) is 0 Å². The summed E-state index contributed by atoms with van der Waals surface area (Å²) < 4.78 is 0. The molecule has 1 fully saturated rings. The molecular weight excluding hydrogens is 242 g/mol. The molecule has 1 heterocycles. The molecule has 1 saturated heterocycles. The minimum atomic E-state index is -0.671. The van der Waals surface area contributed by atoms with E-state index in [4.69, 9.17) is 5.73 Å². The first kappa shape index (κ1) is 16.4. The normalized spacial score (nSPS) is 19.5. The van der Waals surface area contributed by atoms with Gasteiger partial charge in [0, 0.05) is 45.2 Å². The van der Waals surface area contributed by atoms with Gasteiger partial charge in [-0.05, 0) is 20.3 Å². The van der Waals surface area contributed by atoms with Gasteiger partial charge in [-0.15, -0.1) is 0 Å². The second-order valence-corrected chi connectivity index (χ2v) is 6.22. The highest BCUT2D eigenvalue weighted by molar-refractivity contribution is 5.76. The van der Waals surface area contributed by atoms with Crippen LogP contribution in [-0.2, 0) is 4.79 Å². The molecule has 0 saturated carbocycles. The molecule has 1 aliphatic heterocycles. The van der Waals surface area contributed by atoms with E-state index in [1.165, 1.54) is 0 Å². The van der Waals surface area contributed by atoms with Crippen molar-refractivity contribution in [2.45, 2.75) is 51.7 Å². The molecule has 112 valence electrons. The Balaban J connectivity index is 2.31. The van der Waals surface area contributed by atoms with Crippen LogP contribution in [0.4, 0.5) is 0 Å². The van der Waals surface area contributed by atoms with Crippen LogP contribution in [0, 0.1) is 0 Å². The Kier molecular flexibility index (Phi) is 6.23. The summed E-state index contributed by atoms with van der Waals surface area (Å²) in [5.74, 6) is 0.170. The molecule has 1 aliphatic rings. The average Bonchev–Trinajstić information content (AvgIpc) is 2.27. The molecule has 19 heavy (non-hydrogen) atoms. The van der Waals surface area contributed by atoms with Crippen molar-refractivity contribution in [1.29, 1.82) is 0 Å². The Morgan fingerprint density at radius 2 is 1.89 bits per heavy atom. The Bertz CT molecular complexity index is 281. The van der Waals surface area contributed by atoms with Crippen LogP contribution in [0.2, 0.25) is 0 Å². The maximum Gasteiger partial charge on any atom is 0.224 e. The Morgan fingerprint density at radius 1 is 1.32 bits per heavy atom. The Labute approximate surface area is 116 Å². The number of carbonyl (C=O) groups is 1. The first-order chi connectivity index (χ1) is 8.81. The molecule has 1 rings (SSSR count). The molecule has 0 aromatic rings. The monoisotopic (exact) mass is 271 g/mol. The molecule has 0 bridgehead atoms. The Hall–Kier alpha value is -0.650. The minimum absolute atomic E-state index is 0.00750. The zero-order valence-electron chi connectivity index (χ0n) is 12.6. The standard InChI is InChI=1S/C14H29N3O2/c1-4-5-12(15)10-13(18)17-8-6-16(7-9-17)11-14(2,3)19/h12,19H,4-11,15H2,1-3H3. The third-order valence-electron chi connectivity index (χ3n) is 3.43. The quantitative estimate of drug-likeness (QED) is 0.734. The lowest BCUT2D eigenvalue weighted by molar-refractivity contribution is -0.133. The summed E-state index contributed by atoms with van der Waals surface area (Å²) in [5.41, 5.74) is 5.24. The van der Waals surface area contributed by atoms with Crippen molar-refractivity contribution >= 4 is 5.91 Å². The van der Waals surface area contributed by atoms with E-state index in [-0.39, 0.29) is 11.9 Å². The van der Waals surface area contributed by atoms with Gasteiger partial charge in [-0.25, -0.2) is 0 Å². The summed E-state index contributed by atoms with van der Waals surface area (Å²) in [5, 5.41) is 9.78. The molecule has 0 spiro atoms. The van der Waals surface area contributed by atoms with Gasteiger partial charge in [-0.2, -0.15) is 0 Å². The zero-order chi connectivity index (χ0) is 14.5. The fourth-order valence-electron chi connectivity index (χ4n) is 2.53. The third kappa shape index (κ3) is 6.36. The van der Waals surface area contributed by atoms with Crippen molar-refractivity contribution in [2.24, 2.45) is 5.73 Å². The number of hydrogen-bond donors (Lipinski definition) is 2. The molecule has 1 amide bonds. The van der Waals surface area contributed by atoms with E-state index in [9.17, 15) is 9.90 Å². The number of aliphatic hydroxyl groups is 1. The molecule has 0 aromatic heterocycles.